The van der Waals surface area contributed by atoms with E-state index in [2.05, 4.69) is 15.4 Å². The zero-order chi connectivity index (χ0) is 17.5. The molecule has 7 heteroatoms. The van der Waals surface area contributed by atoms with Crippen LogP contribution in [0.3, 0.4) is 0 Å². The highest BCUT2D eigenvalue weighted by molar-refractivity contribution is 5.91. The first kappa shape index (κ1) is 17.5. The maximum Gasteiger partial charge on any atom is 0.387 e. The van der Waals surface area contributed by atoms with Gasteiger partial charge in [0.25, 0.3) is 0 Å². The van der Waals surface area contributed by atoms with Crippen LogP contribution < -0.4 is 20.1 Å². The van der Waals surface area contributed by atoms with Crippen molar-refractivity contribution in [3.8, 4) is 11.5 Å². The van der Waals surface area contributed by atoms with Gasteiger partial charge in [-0.3, -0.25) is 0 Å². The summed E-state index contributed by atoms with van der Waals surface area (Å²) in [7, 11) is 1.43. The maximum absolute atomic E-state index is 12.5. The summed E-state index contributed by atoms with van der Waals surface area (Å²) in [6, 6.07) is 12.7. The fourth-order valence-corrected chi connectivity index (χ4v) is 2.11. The van der Waals surface area contributed by atoms with E-state index in [-0.39, 0.29) is 17.5 Å². The summed E-state index contributed by atoms with van der Waals surface area (Å²) in [6.07, 6.45) is 0. The summed E-state index contributed by atoms with van der Waals surface area (Å²) in [5.74, 6) is 0.260. The van der Waals surface area contributed by atoms with Gasteiger partial charge in [-0.15, -0.1) is 0 Å². The molecule has 5 nitrogen and oxygen atoms in total. The van der Waals surface area contributed by atoms with Crippen molar-refractivity contribution in [2.24, 2.45) is 0 Å². The number of carbonyl (C=O) groups excluding carboxylic acids is 1. The van der Waals surface area contributed by atoms with E-state index in [9.17, 15) is 13.6 Å². The lowest BCUT2D eigenvalue weighted by Gasteiger charge is -2.17. The van der Waals surface area contributed by atoms with Gasteiger partial charge in [-0.05, 0) is 24.6 Å². The van der Waals surface area contributed by atoms with Crippen molar-refractivity contribution in [3.05, 3.63) is 54.1 Å². The SMILES string of the molecule is COc1ccc(OC(F)F)c(NC(=O)N[C@@H](C)c2ccccc2)c1. The lowest BCUT2D eigenvalue weighted by molar-refractivity contribution is -0.0493. The van der Waals surface area contributed by atoms with Gasteiger partial charge in [-0.25, -0.2) is 4.79 Å². The predicted molar refractivity (Wildman–Crippen MR) is 86.6 cm³/mol. The first-order chi connectivity index (χ1) is 11.5. The monoisotopic (exact) mass is 336 g/mol. The molecule has 0 bridgehead atoms. The van der Waals surface area contributed by atoms with E-state index in [0.717, 1.165) is 5.56 Å². The molecule has 0 saturated carbocycles. The normalized spacial score (nSPS) is 11.7. The largest absolute Gasteiger partial charge is 0.497 e. The van der Waals surface area contributed by atoms with Gasteiger partial charge >= 0.3 is 12.6 Å². The lowest BCUT2D eigenvalue weighted by atomic mass is 10.1. The van der Waals surface area contributed by atoms with Crippen LogP contribution in [0.25, 0.3) is 0 Å². The smallest absolute Gasteiger partial charge is 0.387 e. The second-order valence-corrected chi connectivity index (χ2v) is 4.97. The van der Waals surface area contributed by atoms with Gasteiger partial charge in [-0.1, -0.05) is 30.3 Å². The van der Waals surface area contributed by atoms with E-state index in [1.54, 1.807) is 0 Å². The third-order valence-electron chi connectivity index (χ3n) is 3.30. The zero-order valence-electron chi connectivity index (χ0n) is 13.3. The van der Waals surface area contributed by atoms with E-state index in [4.69, 9.17) is 4.74 Å². The third kappa shape index (κ3) is 4.84. The van der Waals surface area contributed by atoms with Gasteiger partial charge < -0.3 is 20.1 Å². The summed E-state index contributed by atoms with van der Waals surface area (Å²) in [6.45, 7) is -1.18. The molecule has 2 amide bonds. The molecule has 24 heavy (non-hydrogen) atoms. The number of anilines is 1. The van der Waals surface area contributed by atoms with Crippen LogP contribution in [0.4, 0.5) is 19.3 Å². The molecule has 2 aromatic carbocycles. The number of alkyl halides is 2. The number of nitrogens with one attached hydrogen (secondary N) is 2. The molecule has 0 unspecified atom stereocenters. The summed E-state index contributed by atoms with van der Waals surface area (Å²) >= 11 is 0. The number of rotatable bonds is 6. The quantitative estimate of drug-likeness (QED) is 0.832. The molecule has 1 atom stereocenters. The zero-order valence-corrected chi connectivity index (χ0v) is 13.3. The minimum Gasteiger partial charge on any atom is -0.497 e. The maximum atomic E-state index is 12.5. The standard InChI is InChI=1S/C17H18F2N2O3/c1-11(12-6-4-3-5-7-12)20-17(22)21-14-10-13(23-2)8-9-15(14)24-16(18)19/h3-11,16H,1-2H3,(H2,20,21,22)/t11-/m0/s1. The highest BCUT2D eigenvalue weighted by Gasteiger charge is 2.15. The van der Waals surface area contributed by atoms with Crippen molar-refractivity contribution in [3.63, 3.8) is 0 Å². The van der Waals surface area contributed by atoms with E-state index < -0.39 is 12.6 Å². The fourth-order valence-electron chi connectivity index (χ4n) is 2.11. The Labute approximate surface area is 138 Å². The first-order valence-corrected chi connectivity index (χ1v) is 7.25. The molecule has 0 aliphatic carbocycles. The van der Waals surface area contributed by atoms with Gasteiger partial charge in [0.05, 0.1) is 18.8 Å². The molecule has 0 fully saturated rings. The number of hydrogen-bond donors (Lipinski definition) is 2. The molecule has 2 rings (SSSR count). The summed E-state index contributed by atoms with van der Waals surface area (Å²) in [5, 5.41) is 5.23. The van der Waals surface area contributed by atoms with Crippen molar-refractivity contribution < 1.29 is 23.0 Å². The van der Waals surface area contributed by atoms with E-state index in [0.29, 0.717) is 5.75 Å². The molecule has 0 aliphatic rings. The topological polar surface area (TPSA) is 59.6 Å². The first-order valence-electron chi connectivity index (χ1n) is 7.25. The Morgan fingerprint density at radius 3 is 2.46 bits per heavy atom. The number of methoxy groups -OCH3 is 1. The second-order valence-electron chi connectivity index (χ2n) is 4.97. The molecule has 2 aromatic rings. The summed E-state index contributed by atoms with van der Waals surface area (Å²) < 4.78 is 34.4. The minimum atomic E-state index is -3.00. The van der Waals surface area contributed by atoms with Gasteiger partial charge in [0, 0.05) is 6.07 Å². The van der Waals surface area contributed by atoms with Crippen LogP contribution >= 0.6 is 0 Å². The Bertz CT molecular complexity index is 681. The Morgan fingerprint density at radius 2 is 1.83 bits per heavy atom. The van der Waals surface area contributed by atoms with Gasteiger partial charge in [0.2, 0.25) is 0 Å². The molecule has 0 heterocycles. The van der Waals surface area contributed by atoms with Crippen LogP contribution in [-0.4, -0.2) is 19.8 Å². The number of amides is 2. The average molecular weight is 336 g/mol. The molecular weight excluding hydrogens is 318 g/mol. The van der Waals surface area contributed by atoms with Crippen LogP contribution in [-0.2, 0) is 0 Å². The highest BCUT2D eigenvalue weighted by atomic mass is 19.3. The van der Waals surface area contributed by atoms with Crippen molar-refractivity contribution in [2.45, 2.75) is 19.6 Å². The van der Waals surface area contributed by atoms with Crippen molar-refractivity contribution >= 4 is 11.7 Å². The predicted octanol–water partition coefficient (Wildman–Crippen LogP) is 4.18. The molecule has 0 aliphatic heterocycles. The fraction of sp³-hybridized carbons (Fsp3) is 0.235. The van der Waals surface area contributed by atoms with Crippen LogP contribution in [0.15, 0.2) is 48.5 Å². The molecule has 0 saturated heterocycles. The Balaban J connectivity index is 2.09. The number of urea groups is 1. The van der Waals surface area contributed by atoms with E-state index in [1.165, 1.54) is 25.3 Å². The minimum absolute atomic E-state index is 0.0902. The molecule has 0 radical (unpaired) electrons. The molecule has 0 spiro atoms. The number of ether oxygens (including phenoxy) is 2. The number of halogens is 2. The van der Waals surface area contributed by atoms with Crippen LogP contribution in [0.5, 0.6) is 11.5 Å². The number of benzene rings is 2. The summed E-state index contributed by atoms with van der Waals surface area (Å²) in [5.41, 5.74) is 1.01. The molecular formula is C17H18F2N2O3. The molecule has 0 aromatic heterocycles. The number of hydrogen-bond acceptors (Lipinski definition) is 3. The Morgan fingerprint density at radius 1 is 1.12 bits per heavy atom. The van der Waals surface area contributed by atoms with Crippen molar-refractivity contribution in [1.29, 1.82) is 0 Å². The molecule has 2 N–H and O–H groups in total. The van der Waals surface area contributed by atoms with Gasteiger partial charge in [-0.2, -0.15) is 8.78 Å². The highest BCUT2D eigenvalue weighted by Crippen LogP contribution is 2.30. The van der Waals surface area contributed by atoms with Gasteiger partial charge in [0.1, 0.15) is 11.5 Å². The second kappa shape index (κ2) is 8.14. The van der Waals surface area contributed by atoms with Crippen LogP contribution in [0.2, 0.25) is 0 Å². The average Bonchev–Trinajstić information content (AvgIpc) is 2.56. The van der Waals surface area contributed by atoms with E-state index in [1.807, 2.05) is 37.3 Å². The van der Waals surface area contributed by atoms with Crippen LogP contribution in [0.1, 0.15) is 18.5 Å². The van der Waals surface area contributed by atoms with Crippen LogP contribution in [0, 0.1) is 0 Å². The van der Waals surface area contributed by atoms with Crippen molar-refractivity contribution in [2.75, 3.05) is 12.4 Å². The Hall–Kier alpha value is -2.83. The Kier molecular flexibility index (Phi) is 5.95. The third-order valence-corrected chi connectivity index (χ3v) is 3.30. The number of carbonyl (C=O) groups is 1. The molecule has 128 valence electrons. The lowest BCUT2D eigenvalue weighted by Crippen LogP contribution is -2.31. The summed E-state index contributed by atoms with van der Waals surface area (Å²) in [4.78, 5) is 12.1. The van der Waals surface area contributed by atoms with Crippen molar-refractivity contribution in [1.82, 2.24) is 5.32 Å². The van der Waals surface area contributed by atoms with Gasteiger partial charge in [0.15, 0.2) is 0 Å². The van der Waals surface area contributed by atoms with E-state index >= 15 is 0 Å².